The second kappa shape index (κ2) is 3.15. The van der Waals surface area contributed by atoms with Gasteiger partial charge < -0.3 is 4.74 Å². The Kier molecular flexibility index (Phi) is 1.82. The van der Waals surface area contributed by atoms with Crippen LogP contribution < -0.4 is 0 Å². The molecule has 0 bridgehead atoms. The van der Waals surface area contributed by atoms with E-state index in [1.807, 2.05) is 18.2 Å². The van der Waals surface area contributed by atoms with Crippen LogP contribution in [0.1, 0.15) is 24.5 Å². The van der Waals surface area contributed by atoms with Crippen LogP contribution in [0.5, 0.6) is 0 Å². The molecule has 3 rings (SSSR count). The van der Waals surface area contributed by atoms with Gasteiger partial charge in [-0.1, -0.05) is 42.2 Å². The van der Waals surface area contributed by atoms with Crippen LogP contribution >= 0.6 is 0 Å². The van der Waals surface area contributed by atoms with Gasteiger partial charge in [-0.15, -0.1) is 0 Å². The minimum atomic E-state index is 0.165. The highest BCUT2D eigenvalue weighted by Crippen LogP contribution is 2.38. The molecule has 2 fully saturated rings. The van der Waals surface area contributed by atoms with E-state index in [1.165, 1.54) is 18.4 Å². The first-order valence-electron chi connectivity index (χ1n) is 5.15. The SMILES string of the molecule is C(#C[C@@H]1O[C@@H]1c1ccccc1)C1CC1. The van der Waals surface area contributed by atoms with Gasteiger partial charge in [-0.05, 0) is 18.4 Å². The molecule has 0 aromatic heterocycles. The Hall–Kier alpha value is -1.26. The Labute approximate surface area is 84.1 Å². The molecule has 0 spiro atoms. The number of benzene rings is 1. The van der Waals surface area contributed by atoms with E-state index in [1.54, 1.807) is 0 Å². The molecule has 0 unspecified atom stereocenters. The van der Waals surface area contributed by atoms with E-state index in [2.05, 4.69) is 24.0 Å². The number of epoxide rings is 1. The van der Waals surface area contributed by atoms with Crippen molar-refractivity contribution >= 4 is 0 Å². The van der Waals surface area contributed by atoms with Gasteiger partial charge in [0.2, 0.25) is 0 Å². The van der Waals surface area contributed by atoms with Crippen molar-refractivity contribution in [2.24, 2.45) is 5.92 Å². The zero-order valence-corrected chi connectivity index (χ0v) is 7.94. The zero-order valence-electron chi connectivity index (χ0n) is 7.94. The van der Waals surface area contributed by atoms with Crippen LogP contribution in [0.25, 0.3) is 0 Å². The molecule has 0 N–H and O–H groups in total. The summed E-state index contributed by atoms with van der Waals surface area (Å²) in [5.74, 6) is 7.11. The largest absolute Gasteiger partial charge is 0.351 e. The molecule has 1 saturated carbocycles. The third kappa shape index (κ3) is 1.66. The highest BCUT2D eigenvalue weighted by molar-refractivity contribution is 5.28. The first kappa shape index (κ1) is 8.08. The summed E-state index contributed by atoms with van der Waals surface area (Å²) in [5.41, 5.74) is 1.25. The maximum atomic E-state index is 5.51. The van der Waals surface area contributed by atoms with Gasteiger partial charge in [0.25, 0.3) is 0 Å². The van der Waals surface area contributed by atoms with E-state index in [0.29, 0.717) is 5.92 Å². The Morgan fingerprint density at radius 1 is 1.07 bits per heavy atom. The first-order valence-corrected chi connectivity index (χ1v) is 5.15. The monoisotopic (exact) mass is 184 g/mol. The van der Waals surface area contributed by atoms with Crippen molar-refractivity contribution in [3.8, 4) is 11.8 Å². The van der Waals surface area contributed by atoms with Crippen molar-refractivity contribution in [1.82, 2.24) is 0 Å². The lowest BCUT2D eigenvalue weighted by Gasteiger charge is -1.90. The van der Waals surface area contributed by atoms with Crippen LogP contribution in [0.4, 0.5) is 0 Å². The molecule has 2 aliphatic rings. The lowest BCUT2D eigenvalue weighted by atomic mass is 10.1. The maximum Gasteiger partial charge on any atom is 0.149 e. The van der Waals surface area contributed by atoms with Crippen molar-refractivity contribution in [3.05, 3.63) is 35.9 Å². The molecule has 0 amide bonds. The Balaban J connectivity index is 1.66. The average Bonchev–Trinajstić information content (AvgIpc) is 3.12. The smallest absolute Gasteiger partial charge is 0.149 e. The normalized spacial score (nSPS) is 29.1. The molecule has 1 heterocycles. The number of ether oxygens (including phenoxy) is 1. The van der Waals surface area contributed by atoms with Gasteiger partial charge in [0.1, 0.15) is 12.2 Å². The van der Waals surface area contributed by atoms with Gasteiger partial charge in [0.15, 0.2) is 0 Å². The summed E-state index contributed by atoms with van der Waals surface area (Å²) < 4.78 is 5.51. The lowest BCUT2D eigenvalue weighted by Crippen LogP contribution is -1.84. The van der Waals surface area contributed by atoms with E-state index in [-0.39, 0.29) is 12.2 Å². The highest BCUT2D eigenvalue weighted by atomic mass is 16.6. The molecule has 2 atom stereocenters. The van der Waals surface area contributed by atoms with Gasteiger partial charge in [0, 0.05) is 5.92 Å². The molecular weight excluding hydrogens is 172 g/mol. The van der Waals surface area contributed by atoms with Gasteiger partial charge >= 0.3 is 0 Å². The van der Waals surface area contributed by atoms with Gasteiger partial charge in [-0.3, -0.25) is 0 Å². The summed E-state index contributed by atoms with van der Waals surface area (Å²) in [6.07, 6.45) is 2.98. The molecule has 1 nitrogen and oxygen atoms in total. The fourth-order valence-electron chi connectivity index (χ4n) is 1.55. The third-order valence-electron chi connectivity index (χ3n) is 2.63. The number of hydrogen-bond donors (Lipinski definition) is 0. The van der Waals surface area contributed by atoms with E-state index in [9.17, 15) is 0 Å². The van der Waals surface area contributed by atoms with Crippen LogP contribution in [0.15, 0.2) is 30.3 Å². The van der Waals surface area contributed by atoms with Crippen molar-refractivity contribution in [3.63, 3.8) is 0 Å². The summed E-state index contributed by atoms with van der Waals surface area (Å²) in [5, 5.41) is 0. The Morgan fingerprint density at radius 3 is 2.57 bits per heavy atom. The number of hydrogen-bond acceptors (Lipinski definition) is 1. The minimum Gasteiger partial charge on any atom is -0.351 e. The number of rotatable bonds is 1. The lowest BCUT2D eigenvalue weighted by molar-refractivity contribution is 0.397. The molecule has 1 aliphatic carbocycles. The summed E-state index contributed by atoms with van der Waals surface area (Å²) in [6, 6.07) is 10.3. The Bertz CT molecular complexity index is 381. The van der Waals surface area contributed by atoms with E-state index in [4.69, 9.17) is 4.74 Å². The van der Waals surface area contributed by atoms with Gasteiger partial charge in [-0.2, -0.15) is 0 Å². The second-order valence-electron chi connectivity index (χ2n) is 3.95. The first-order chi connectivity index (χ1) is 6.93. The van der Waals surface area contributed by atoms with E-state index < -0.39 is 0 Å². The molecule has 1 aromatic carbocycles. The second-order valence-corrected chi connectivity index (χ2v) is 3.95. The highest BCUT2D eigenvalue weighted by Gasteiger charge is 2.38. The predicted molar refractivity (Wildman–Crippen MR) is 54.6 cm³/mol. The van der Waals surface area contributed by atoms with Gasteiger partial charge in [0.05, 0.1) is 0 Å². The maximum absolute atomic E-state index is 5.51. The molecule has 0 radical (unpaired) electrons. The van der Waals surface area contributed by atoms with Crippen molar-refractivity contribution in [2.45, 2.75) is 25.0 Å². The molecular formula is C13H12O. The van der Waals surface area contributed by atoms with E-state index >= 15 is 0 Å². The summed E-state index contributed by atoms with van der Waals surface area (Å²) in [6.45, 7) is 0. The van der Waals surface area contributed by atoms with Gasteiger partial charge in [-0.25, -0.2) is 0 Å². The topological polar surface area (TPSA) is 12.5 Å². The molecule has 1 aromatic rings. The summed E-state index contributed by atoms with van der Waals surface area (Å²) in [4.78, 5) is 0. The zero-order chi connectivity index (χ0) is 9.38. The standard InChI is InChI=1S/C13H12O/c1-2-4-11(5-3-1)13-12(14-13)9-8-10-6-7-10/h1-5,10,12-13H,6-7H2/t12-,13+/m0/s1. The molecule has 14 heavy (non-hydrogen) atoms. The third-order valence-corrected chi connectivity index (χ3v) is 2.63. The molecule has 1 saturated heterocycles. The van der Waals surface area contributed by atoms with Crippen LogP contribution in [-0.4, -0.2) is 6.10 Å². The van der Waals surface area contributed by atoms with Crippen molar-refractivity contribution < 1.29 is 4.74 Å². The fraction of sp³-hybridized carbons (Fsp3) is 0.385. The van der Waals surface area contributed by atoms with Crippen LogP contribution in [0.2, 0.25) is 0 Å². The van der Waals surface area contributed by atoms with Crippen molar-refractivity contribution in [2.75, 3.05) is 0 Å². The van der Waals surface area contributed by atoms with Crippen LogP contribution in [0, 0.1) is 17.8 Å². The fourth-order valence-corrected chi connectivity index (χ4v) is 1.55. The molecule has 1 aliphatic heterocycles. The molecule has 70 valence electrons. The molecule has 1 heteroatoms. The van der Waals surface area contributed by atoms with Crippen LogP contribution in [-0.2, 0) is 4.74 Å². The predicted octanol–water partition coefficient (Wildman–Crippen LogP) is 2.54. The summed E-state index contributed by atoms with van der Waals surface area (Å²) >= 11 is 0. The quantitative estimate of drug-likeness (QED) is 0.482. The minimum absolute atomic E-state index is 0.165. The van der Waals surface area contributed by atoms with E-state index in [0.717, 1.165) is 0 Å². The average molecular weight is 184 g/mol. The summed E-state index contributed by atoms with van der Waals surface area (Å²) in [7, 11) is 0. The van der Waals surface area contributed by atoms with Crippen LogP contribution in [0.3, 0.4) is 0 Å². The van der Waals surface area contributed by atoms with Crippen molar-refractivity contribution in [1.29, 1.82) is 0 Å². The Morgan fingerprint density at radius 2 is 1.86 bits per heavy atom.